The third kappa shape index (κ3) is 11.0. The highest BCUT2D eigenvalue weighted by atomic mass is 16.6. The maximum atomic E-state index is 11.7. The van der Waals surface area contributed by atoms with Gasteiger partial charge in [0.25, 0.3) is 0 Å². The van der Waals surface area contributed by atoms with Gasteiger partial charge in [0.1, 0.15) is 11.4 Å². The molecule has 0 spiro atoms. The molecule has 25 heavy (non-hydrogen) atoms. The van der Waals surface area contributed by atoms with Gasteiger partial charge in [0.15, 0.2) is 0 Å². The van der Waals surface area contributed by atoms with E-state index in [0.29, 0.717) is 31.9 Å². The summed E-state index contributed by atoms with van der Waals surface area (Å²) in [6, 6.07) is 9.24. The highest BCUT2D eigenvalue weighted by molar-refractivity contribution is 5.84. The number of nitrogens with one attached hydrogen (secondary N) is 1. The molecule has 0 bridgehead atoms. The van der Waals surface area contributed by atoms with E-state index in [1.165, 1.54) is 0 Å². The molecule has 0 aliphatic rings. The molecule has 1 aromatic rings. The Labute approximate surface area is 150 Å². The van der Waals surface area contributed by atoms with Crippen LogP contribution in [0.1, 0.15) is 46.5 Å². The molecule has 6 heteroatoms. The van der Waals surface area contributed by atoms with Crippen molar-refractivity contribution >= 4 is 11.8 Å². The molecule has 0 radical (unpaired) electrons. The van der Waals surface area contributed by atoms with Gasteiger partial charge in [-0.3, -0.25) is 5.32 Å². The lowest BCUT2D eigenvalue weighted by Crippen LogP contribution is -2.27. The van der Waals surface area contributed by atoms with Gasteiger partial charge in [-0.1, -0.05) is 0 Å². The summed E-state index contributed by atoms with van der Waals surface area (Å²) in [5, 5.41) is 11.1. The first kappa shape index (κ1) is 20.8. The van der Waals surface area contributed by atoms with E-state index in [9.17, 15) is 4.79 Å². The van der Waals surface area contributed by atoms with E-state index in [1.54, 1.807) is 12.1 Å². The van der Waals surface area contributed by atoms with Gasteiger partial charge in [-0.15, -0.1) is 0 Å². The Balaban J connectivity index is 2.16. The van der Waals surface area contributed by atoms with Crippen molar-refractivity contribution in [2.45, 2.75) is 52.1 Å². The SMILES string of the molecule is CC(C)(C)OC(=O)Nc1ccc(OCCCCCOCCC#N)cc1. The summed E-state index contributed by atoms with van der Waals surface area (Å²) in [5.74, 6) is 0.764. The second kappa shape index (κ2) is 11.3. The molecular weight excluding hydrogens is 320 g/mol. The maximum absolute atomic E-state index is 11.7. The molecular formula is C19H28N2O4. The Hall–Kier alpha value is -2.26. The molecule has 1 N–H and O–H groups in total. The number of rotatable bonds is 10. The highest BCUT2D eigenvalue weighted by Crippen LogP contribution is 2.17. The molecule has 1 rings (SSSR count). The predicted molar refractivity (Wildman–Crippen MR) is 96.7 cm³/mol. The number of benzene rings is 1. The summed E-state index contributed by atoms with van der Waals surface area (Å²) < 4.78 is 16.2. The number of carbonyl (C=O) groups excluding carboxylic acids is 1. The number of anilines is 1. The van der Waals surface area contributed by atoms with Gasteiger partial charge >= 0.3 is 6.09 Å². The smallest absolute Gasteiger partial charge is 0.412 e. The summed E-state index contributed by atoms with van der Waals surface area (Å²) in [4.78, 5) is 11.7. The summed E-state index contributed by atoms with van der Waals surface area (Å²) in [7, 11) is 0. The van der Waals surface area contributed by atoms with E-state index in [0.717, 1.165) is 25.0 Å². The van der Waals surface area contributed by atoms with Gasteiger partial charge in [-0.2, -0.15) is 5.26 Å². The van der Waals surface area contributed by atoms with Crippen molar-refractivity contribution in [3.8, 4) is 11.8 Å². The predicted octanol–water partition coefficient (Wildman–Crippen LogP) is 4.51. The Bertz CT molecular complexity index is 544. The zero-order valence-electron chi connectivity index (χ0n) is 15.3. The van der Waals surface area contributed by atoms with Crippen LogP contribution in [0.25, 0.3) is 0 Å². The van der Waals surface area contributed by atoms with Crippen molar-refractivity contribution in [1.29, 1.82) is 5.26 Å². The van der Waals surface area contributed by atoms with Crippen molar-refractivity contribution in [2.24, 2.45) is 0 Å². The average Bonchev–Trinajstić information content (AvgIpc) is 2.53. The molecule has 6 nitrogen and oxygen atoms in total. The van der Waals surface area contributed by atoms with E-state index >= 15 is 0 Å². The van der Waals surface area contributed by atoms with Crippen molar-refractivity contribution in [2.75, 3.05) is 25.1 Å². The standard InChI is InChI=1S/C19H28N2O4/c1-19(2,3)25-18(22)21-16-8-10-17(11-9-16)24-15-6-4-5-13-23-14-7-12-20/h8-11H,4-7,13-15H2,1-3H3,(H,21,22). The quantitative estimate of drug-likeness (QED) is 0.629. The second-order valence-electron chi connectivity index (χ2n) is 6.58. The van der Waals surface area contributed by atoms with Gasteiger partial charge in [0.2, 0.25) is 0 Å². The average molecular weight is 348 g/mol. The summed E-state index contributed by atoms with van der Waals surface area (Å²) in [5.41, 5.74) is 0.143. The summed E-state index contributed by atoms with van der Waals surface area (Å²) >= 11 is 0. The minimum absolute atomic E-state index is 0.446. The third-order valence-electron chi connectivity index (χ3n) is 3.06. The molecule has 1 aromatic carbocycles. The van der Waals surface area contributed by atoms with Crippen molar-refractivity contribution in [3.05, 3.63) is 24.3 Å². The van der Waals surface area contributed by atoms with E-state index in [-0.39, 0.29) is 0 Å². The van der Waals surface area contributed by atoms with E-state index in [1.807, 2.05) is 39.0 Å². The van der Waals surface area contributed by atoms with Crippen LogP contribution in [0.2, 0.25) is 0 Å². The number of amides is 1. The van der Waals surface area contributed by atoms with E-state index in [2.05, 4.69) is 5.32 Å². The fourth-order valence-electron chi connectivity index (χ4n) is 1.95. The zero-order chi connectivity index (χ0) is 18.5. The van der Waals surface area contributed by atoms with Crippen LogP contribution in [0.4, 0.5) is 10.5 Å². The number of ether oxygens (including phenoxy) is 3. The maximum Gasteiger partial charge on any atom is 0.412 e. The molecule has 0 fully saturated rings. The van der Waals surface area contributed by atoms with Crippen LogP contribution in [0.15, 0.2) is 24.3 Å². The molecule has 0 aliphatic heterocycles. The topological polar surface area (TPSA) is 80.6 Å². The van der Waals surface area contributed by atoms with Crippen molar-refractivity contribution in [1.82, 2.24) is 0 Å². The number of nitrogens with zero attached hydrogens (tertiary/aromatic N) is 1. The molecule has 0 atom stereocenters. The molecule has 0 saturated carbocycles. The fraction of sp³-hybridized carbons (Fsp3) is 0.579. The Morgan fingerprint density at radius 2 is 1.76 bits per heavy atom. The van der Waals surface area contributed by atoms with Gasteiger partial charge in [0.05, 0.1) is 25.7 Å². The number of nitriles is 1. The van der Waals surface area contributed by atoms with Gasteiger partial charge < -0.3 is 14.2 Å². The first-order valence-electron chi connectivity index (χ1n) is 8.58. The number of hydrogen-bond donors (Lipinski definition) is 1. The van der Waals surface area contributed by atoms with Crippen LogP contribution in [0.5, 0.6) is 5.75 Å². The fourth-order valence-corrected chi connectivity index (χ4v) is 1.95. The first-order chi connectivity index (χ1) is 11.9. The number of unbranched alkanes of at least 4 members (excludes halogenated alkanes) is 2. The number of carbonyl (C=O) groups is 1. The van der Waals surface area contributed by atoms with Crippen LogP contribution in [0, 0.1) is 11.3 Å². The van der Waals surface area contributed by atoms with Crippen LogP contribution >= 0.6 is 0 Å². The minimum atomic E-state index is -0.520. The Kier molecular flexibility index (Phi) is 9.41. The molecule has 0 aliphatic carbocycles. The first-order valence-corrected chi connectivity index (χ1v) is 8.58. The van der Waals surface area contributed by atoms with Crippen molar-refractivity contribution < 1.29 is 19.0 Å². The Morgan fingerprint density at radius 3 is 2.40 bits per heavy atom. The lowest BCUT2D eigenvalue weighted by molar-refractivity contribution is 0.0636. The van der Waals surface area contributed by atoms with Crippen LogP contribution in [0.3, 0.4) is 0 Å². The lowest BCUT2D eigenvalue weighted by atomic mass is 10.2. The largest absolute Gasteiger partial charge is 0.494 e. The molecule has 0 aromatic heterocycles. The lowest BCUT2D eigenvalue weighted by Gasteiger charge is -2.19. The monoisotopic (exact) mass is 348 g/mol. The molecule has 1 amide bonds. The molecule has 138 valence electrons. The van der Waals surface area contributed by atoms with E-state index in [4.69, 9.17) is 19.5 Å². The van der Waals surface area contributed by atoms with Gasteiger partial charge in [-0.05, 0) is 64.3 Å². The van der Waals surface area contributed by atoms with Crippen LogP contribution < -0.4 is 10.1 Å². The Morgan fingerprint density at radius 1 is 1.08 bits per heavy atom. The number of hydrogen-bond acceptors (Lipinski definition) is 5. The second-order valence-corrected chi connectivity index (χ2v) is 6.58. The summed E-state index contributed by atoms with van der Waals surface area (Å²) in [6.45, 7) is 7.30. The highest BCUT2D eigenvalue weighted by Gasteiger charge is 2.16. The summed E-state index contributed by atoms with van der Waals surface area (Å²) in [6.07, 6.45) is 2.90. The molecule has 0 heterocycles. The normalized spacial score (nSPS) is 10.8. The van der Waals surface area contributed by atoms with Crippen molar-refractivity contribution in [3.63, 3.8) is 0 Å². The van der Waals surface area contributed by atoms with Crippen LogP contribution in [-0.2, 0) is 9.47 Å². The molecule has 0 unspecified atom stereocenters. The molecule has 0 saturated heterocycles. The van der Waals surface area contributed by atoms with Gasteiger partial charge in [0, 0.05) is 12.3 Å². The zero-order valence-corrected chi connectivity index (χ0v) is 15.3. The van der Waals surface area contributed by atoms with E-state index < -0.39 is 11.7 Å². The van der Waals surface area contributed by atoms with Crippen LogP contribution in [-0.4, -0.2) is 31.5 Å². The third-order valence-corrected chi connectivity index (χ3v) is 3.06. The minimum Gasteiger partial charge on any atom is -0.494 e. The van der Waals surface area contributed by atoms with Gasteiger partial charge in [-0.25, -0.2) is 4.79 Å².